The van der Waals surface area contributed by atoms with E-state index < -0.39 is 0 Å². The fourth-order valence-corrected chi connectivity index (χ4v) is 19.9. The van der Waals surface area contributed by atoms with Gasteiger partial charge in [0.1, 0.15) is 0 Å². The molecule has 3 heterocycles. The van der Waals surface area contributed by atoms with Gasteiger partial charge in [-0.3, -0.25) is 0 Å². The maximum atomic E-state index is 6.12. The molecule has 0 unspecified atom stereocenters. The summed E-state index contributed by atoms with van der Waals surface area (Å²) in [5.74, 6) is 0. The number of hydrogen-bond donors (Lipinski definition) is 0. The molecule has 4 nitrogen and oxygen atoms in total. The summed E-state index contributed by atoms with van der Waals surface area (Å²) in [5, 5.41) is 2.83. The van der Waals surface area contributed by atoms with E-state index in [1.54, 1.807) is 0 Å². The van der Waals surface area contributed by atoms with Crippen molar-refractivity contribution in [2.45, 2.75) is 115 Å². The van der Waals surface area contributed by atoms with Gasteiger partial charge < -0.3 is 0 Å². The van der Waals surface area contributed by atoms with Crippen LogP contribution in [0.5, 0.6) is 0 Å². The Morgan fingerprint density at radius 3 is 1.19 bits per heavy atom. The monoisotopic (exact) mass is 644 g/mol. The number of nitrogens with zero attached hydrogens (tertiary/aromatic N) is 4. The summed E-state index contributed by atoms with van der Waals surface area (Å²) in [6, 6.07) is 0. The third kappa shape index (κ3) is 5.87. The van der Waals surface area contributed by atoms with E-state index >= 15 is 0 Å². The molecule has 1 aliphatic rings. The molecule has 2 aromatic rings. The Labute approximate surface area is 221 Å². The van der Waals surface area contributed by atoms with Gasteiger partial charge in [-0.15, -0.1) is 0 Å². The van der Waals surface area contributed by atoms with E-state index in [4.69, 9.17) is 24.4 Å². The minimum absolute atomic E-state index is 0.548. The summed E-state index contributed by atoms with van der Waals surface area (Å²) < 4.78 is 11.9. The quantitative estimate of drug-likeness (QED) is 0.176. The summed E-state index contributed by atoms with van der Waals surface area (Å²) in [4.78, 5) is 0. The molecular formula is C22H36N4S4Se2. The summed E-state index contributed by atoms with van der Waals surface area (Å²) >= 11 is 13.3. The minimum atomic E-state index is 0.548. The van der Waals surface area contributed by atoms with Gasteiger partial charge in [0, 0.05) is 0 Å². The van der Waals surface area contributed by atoms with E-state index in [-0.39, 0.29) is 0 Å². The molecule has 0 bridgehead atoms. The van der Waals surface area contributed by atoms with Crippen molar-refractivity contribution in [3.05, 3.63) is 9.54 Å². The molecule has 32 heavy (non-hydrogen) atoms. The zero-order chi connectivity index (χ0) is 23.1. The van der Waals surface area contributed by atoms with Crippen molar-refractivity contribution in [2.75, 3.05) is 0 Å². The third-order valence-electron chi connectivity index (χ3n) is 5.78. The first kappa shape index (κ1) is 27.2. The second-order valence-electron chi connectivity index (χ2n) is 8.20. The number of rotatable bonds is 12. The van der Waals surface area contributed by atoms with E-state index in [1.165, 1.54) is 60.0 Å². The molecular weight excluding hydrogens is 606 g/mol. The molecule has 0 atom stereocenters. The summed E-state index contributed by atoms with van der Waals surface area (Å²) in [5.41, 5.74) is 2.73. The van der Waals surface area contributed by atoms with Crippen LogP contribution in [0.25, 0.3) is 11.4 Å². The fraction of sp³-hybridized carbons (Fsp3) is 0.727. The van der Waals surface area contributed by atoms with Crippen molar-refractivity contribution in [3.63, 3.8) is 0 Å². The van der Waals surface area contributed by atoms with Gasteiger partial charge in [-0.2, -0.15) is 0 Å². The molecule has 0 aromatic carbocycles. The number of fused-ring (bicyclic) bond motifs is 3. The van der Waals surface area contributed by atoms with Crippen molar-refractivity contribution in [3.8, 4) is 11.4 Å². The van der Waals surface area contributed by atoms with Gasteiger partial charge in [0.25, 0.3) is 0 Å². The standard InChI is InChI=1S/C22H36N4S4Se2/c1-5-9-13-23-17-18-20(26(16-12-8-4)22(28)24(18)14-10-6-2)30-32-31-29-19(17)25(21(23)27)15-11-7-3/h5-16H2,1-4H3. The zero-order valence-electron chi connectivity index (χ0n) is 19.7. The molecule has 10 heteroatoms. The maximum absolute atomic E-state index is 6.12. The van der Waals surface area contributed by atoms with Gasteiger partial charge in [0.2, 0.25) is 0 Å². The van der Waals surface area contributed by atoms with Crippen LogP contribution in [0.15, 0.2) is 10.1 Å². The molecule has 3 rings (SSSR count). The van der Waals surface area contributed by atoms with Gasteiger partial charge in [0.05, 0.1) is 0 Å². The Morgan fingerprint density at radius 1 is 0.562 bits per heavy atom. The van der Waals surface area contributed by atoms with E-state index in [0.29, 0.717) is 24.0 Å². The first-order valence-corrected chi connectivity index (χ1v) is 22.8. The van der Waals surface area contributed by atoms with Crippen molar-refractivity contribution in [2.24, 2.45) is 0 Å². The molecule has 0 aliphatic carbocycles. The summed E-state index contributed by atoms with van der Waals surface area (Å²) in [7, 11) is 4.17. The van der Waals surface area contributed by atoms with Crippen LogP contribution in [-0.4, -0.2) is 42.3 Å². The molecule has 0 saturated heterocycles. The SMILES string of the molecule is CCCCn1c2c(n(CCCC)c1=S)-c1c(n(CCCC)c(=S)n1CCCC)S[Se][Se]S2. The number of unbranched alkanes of at least 4 members (excludes halogenated alkanes) is 4. The van der Waals surface area contributed by atoms with E-state index in [0.717, 1.165) is 48.6 Å². The van der Waals surface area contributed by atoms with Crippen LogP contribution < -0.4 is 0 Å². The fourth-order valence-electron chi connectivity index (χ4n) is 3.94. The van der Waals surface area contributed by atoms with Gasteiger partial charge in [-0.1, -0.05) is 0 Å². The van der Waals surface area contributed by atoms with Crippen LogP contribution in [0.3, 0.4) is 0 Å². The van der Waals surface area contributed by atoms with E-state index in [9.17, 15) is 0 Å². The first-order chi connectivity index (χ1) is 15.6. The topological polar surface area (TPSA) is 19.7 Å². The van der Waals surface area contributed by atoms with Crippen molar-refractivity contribution in [1.29, 1.82) is 0 Å². The van der Waals surface area contributed by atoms with Gasteiger partial charge in [-0.05, 0) is 0 Å². The Kier molecular flexibility index (Phi) is 11.6. The Bertz CT molecular complexity index is 925. The van der Waals surface area contributed by atoms with Crippen LogP contribution in [0.4, 0.5) is 0 Å². The summed E-state index contributed by atoms with van der Waals surface area (Å²) in [6.45, 7) is 13.1. The van der Waals surface area contributed by atoms with Crippen LogP contribution >= 0.6 is 44.8 Å². The van der Waals surface area contributed by atoms with E-state index in [2.05, 4.69) is 66.3 Å². The number of imidazole rings is 2. The normalized spacial score (nSPS) is 13.6. The van der Waals surface area contributed by atoms with Gasteiger partial charge >= 0.3 is 223 Å². The second kappa shape index (κ2) is 13.6. The molecule has 0 N–H and O–H groups in total. The molecule has 0 amide bonds. The Hall–Kier alpha value is 0.599. The van der Waals surface area contributed by atoms with Crippen molar-refractivity contribution in [1.82, 2.24) is 18.3 Å². The van der Waals surface area contributed by atoms with Crippen LogP contribution in [-0.2, 0) is 26.2 Å². The van der Waals surface area contributed by atoms with Gasteiger partial charge in [-0.25, -0.2) is 0 Å². The zero-order valence-corrected chi connectivity index (χ0v) is 26.4. The molecule has 180 valence electrons. The third-order valence-corrected chi connectivity index (χ3v) is 22.0. The predicted molar refractivity (Wildman–Crippen MR) is 148 cm³/mol. The molecule has 0 fully saturated rings. The van der Waals surface area contributed by atoms with Crippen molar-refractivity contribution >= 4 is 68.8 Å². The molecule has 0 saturated carbocycles. The molecule has 0 spiro atoms. The molecule has 2 aromatic heterocycles. The van der Waals surface area contributed by atoms with Crippen LogP contribution in [0.2, 0.25) is 0 Å². The average molecular weight is 643 g/mol. The molecule has 1 aliphatic heterocycles. The average Bonchev–Trinajstić information content (AvgIpc) is 3.18. The number of hydrogen-bond acceptors (Lipinski definition) is 4. The van der Waals surface area contributed by atoms with E-state index in [1.807, 2.05) is 0 Å². The summed E-state index contributed by atoms with van der Waals surface area (Å²) in [6.07, 6.45) is 9.42. The number of aromatic nitrogens is 4. The van der Waals surface area contributed by atoms with Crippen LogP contribution in [0, 0.1) is 9.54 Å². The first-order valence-electron chi connectivity index (χ1n) is 11.9. The van der Waals surface area contributed by atoms with Crippen LogP contribution in [0.1, 0.15) is 79.1 Å². The Morgan fingerprint density at radius 2 is 0.875 bits per heavy atom. The Balaban J connectivity index is 2.31. The van der Waals surface area contributed by atoms with Crippen molar-refractivity contribution < 1.29 is 0 Å². The predicted octanol–water partition coefficient (Wildman–Crippen LogP) is 7.57. The second-order valence-corrected chi connectivity index (χ2v) is 23.0. The molecule has 0 radical (unpaired) electrons. The van der Waals surface area contributed by atoms with Gasteiger partial charge in [0.15, 0.2) is 0 Å².